The van der Waals surface area contributed by atoms with E-state index >= 15 is 0 Å². The third-order valence-electron chi connectivity index (χ3n) is 5.13. The smallest absolute Gasteiger partial charge is 0.242 e. The molecule has 2 aliphatic heterocycles. The number of hydrogen-bond acceptors (Lipinski definition) is 6. The van der Waals surface area contributed by atoms with Crippen molar-refractivity contribution in [2.45, 2.75) is 38.0 Å². The van der Waals surface area contributed by atoms with Gasteiger partial charge in [-0.3, -0.25) is 9.59 Å². The van der Waals surface area contributed by atoms with Crippen LogP contribution in [0.5, 0.6) is 11.5 Å². The summed E-state index contributed by atoms with van der Waals surface area (Å²) in [6, 6.07) is 5.77. The molecular formula is C20H27N3O4S. The number of carbonyl (C=O) groups is 2. The standard InChI is InChI=1S/C20H27N3O4S/c1-5-27-17-9-14(6-7-16(17)26-4)15-10-18(24)23(11-15)12-19(25)22(3)20-8-13(2)21-28-20/h6-7,9,15,20H,5,8,10-12H2,1-4H3/t15-,20?/m1/s1. The van der Waals surface area contributed by atoms with Crippen LogP contribution in [-0.4, -0.2) is 66.6 Å². The Balaban J connectivity index is 1.63. The molecule has 2 atom stereocenters. The number of hydrogen-bond donors (Lipinski definition) is 0. The van der Waals surface area contributed by atoms with E-state index in [1.165, 1.54) is 11.9 Å². The molecule has 2 heterocycles. The summed E-state index contributed by atoms with van der Waals surface area (Å²) in [4.78, 5) is 28.5. The predicted octanol–water partition coefficient (Wildman–Crippen LogP) is 2.71. The molecule has 0 spiro atoms. The van der Waals surface area contributed by atoms with Gasteiger partial charge in [0.1, 0.15) is 5.37 Å². The highest BCUT2D eigenvalue weighted by Crippen LogP contribution is 2.35. The van der Waals surface area contributed by atoms with Gasteiger partial charge in [-0.2, -0.15) is 0 Å². The average molecular weight is 406 g/mol. The summed E-state index contributed by atoms with van der Waals surface area (Å²) in [6.45, 7) is 5.06. The second-order valence-corrected chi connectivity index (χ2v) is 8.05. The maximum absolute atomic E-state index is 12.6. The normalized spacial score (nSPS) is 21.6. The molecule has 0 N–H and O–H groups in total. The molecule has 1 saturated heterocycles. The van der Waals surface area contributed by atoms with Crippen LogP contribution >= 0.6 is 11.9 Å². The van der Waals surface area contributed by atoms with Crippen molar-refractivity contribution >= 4 is 29.5 Å². The van der Waals surface area contributed by atoms with Crippen LogP contribution in [0.2, 0.25) is 0 Å². The second kappa shape index (κ2) is 8.86. The van der Waals surface area contributed by atoms with Crippen LogP contribution in [0.3, 0.4) is 0 Å². The van der Waals surface area contributed by atoms with Crippen LogP contribution < -0.4 is 9.47 Å². The Hall–Kier alpha value is -2.22. The number of likely N-dealkylation sites (N-methyl/N-ethyl adjacent to an activating group) is 1. The summed E-state index contributed by atoms with van der Waals surface area (Å²) >= 11 is 1.42. The van der Waals surface area contributed by atoms with Crippen LogP contribution in [0, 0.1) is 0 Å². The van der Waals surface area contributed by atoms with E-state index < -0.39 is 0 Å². The van der Waals surface area contributed by atoms with Crippen molar-refractivity contribution < 1.29 is 19.1 Å². The minimum absolute atomic E-state index is 0.00651. The molecule has 3 rings (SSSR count). The first-order chi connectivity index (χ1) is 13.4. The molecule has 0 aromatic heterocycles. The Kier molecular flexibility index (Phi) is 6.49. The minimum atomic E-state index is -0.0545. The SMILES string of the molecule is CCOc1cc([C@@H]2CC(=O)N(CC(=O)N(C)C3CC(C)=NS3)C2)ccc1OC. The van der Waals surface area contributed by atoms with E-state index in [2.05, 4.69) is 4.40 Å². The molecule has 8 heteroatoms. The van der Waals surface area contributed by atoms with E-state index in [0.717, 1.165) is 17.7 Å². The van der Waals surface area contributed by atoms with Gasteiger partial charge < -0.3 is 19.3 Å². The van der Waals surface area contributed by atoms with Crippen LogP contribution in [0.1, 0.15) is 38.2 Å². The molecular weight excluding hydrogens is 378 g/mol. The van der Waals surface area contributed by atoms with Crippen LogP contribution in [0.25, 0.3) is 0 Å². The fourth-order valence-electron chi connectivity index (χ4n) is 3.48. The summed E-state index contributed by atoms with van der Waals surface area (Å²) in [5.41, 5.74) is 2.06. The lowest BCUT2D eigenvalue weighted by Crippen LogP contribution is -2.42. The van der Waals surface area contributed by atoms with E-state index in [1.54, 1.807) is 24.0 Å². The quantitative estimate of drug-likeness (QED) is 0.653. The van der Waals surface area contributed by atoms with Crippen molar-refractivity contribution in [3.8, 4) is 11.5 Å². The van der Waals surface area contributed by atoms with Gasteiger partial charge in [-0.15, -0.1) is 0 Å². The predicted molar refractivity (Wildman–Crippen MR) is 110 cm³/mol. The summed E-state index contributed by atoms with van der Waals surface area (Å²) in [6.07, 6.45) is 1.17. The third kappa shape index (κ3) is 4.43. The number of methoxy groups -OCH3 is 1. The lowest BCUT2D eigenvalue weighted by molar-refractivity contribution is -0.137. The molecule has 2 amide bonds. The molecule has 0 radical (unpaired) electrons. The van der Waals surface area contributed by atoms with E-state index in [4.69, 9.17) is 9.47 Å². The fourth-order valence-corrected chi connectivity index (χ4v) is 4.44. The highest BCUT2D eigenvalue weighted by molar-refractivity contribution is 7.99. The summed E-state index contributed by atoms with van der Waals surface area (Å²) < 4.78 is 15.3. The van der Waals surface area contributed by atoms with Gasteiger partial charge in [0.05, 0.1) is 20.3 Å². The Morgan fingerprint density at radius 3 is 2.79 bits per heavy atom. The second-order valence-electron chi connectivity index (χ2n) is 7.11. The van der Waals surface area contributed by atoms with Crippen molar-refractivity contribution in [2.75, 3.05) is 33.9 Å². The zero-order valence-corrected chi connectivity index (χ0v) is 17.6. The molecule has 7 nitrogen and oxygen atoms in total. The van der Waals surface area contributed by atoms with Gasteiger partial charge in [0, 0.05) is 38.1 Å². The topological polar surface area (TPSA) is 71.4 Å². The molecule has 0 saturated carbocycles. The first-order valence-electron chi connectivity index (χ1n) is 9.46. The Morgan fingerprint density at radius 1 is 1.36 bits per heavy atom. The number of ether oxygens (including phenoxy) is 2. The van der Waals surface area contributed by atoms with Gasteiger partial charge in [0.15, 0.2) is 11.5 Å². The Morgan fingerprint density at radius 2 is 2.14 bits per heavy atom. The molecule has 1 fully saturated rings. The van der Waals surface area contributed by atoms with Gasteiger partial charge in [-0.25, -0.2) is 4.40 Å². The maximum atomic E-state index is 12.6. The lowest BCUT2D eigenvalue weighted by Gasteiger charge is -2.25. The van der Waals surface area contributed by atoms with Gasteiger partial charge in [0.25, 0.3) is 0 Å². The van der Waals surface area contributed by atoms with E-state index in [1.807, 2.05) is 32.0 Å². The molecule has 0 aliphatic carbocycles. The Bertz CT molecular complexity index is 783. The Labute approximate surface area is 170 Å². The van der Waals surface area contributed by atoms with Crippen LogP contribution in [-0.2, 0) is 9.59 Å². The summed E-state index contributed by atoms with van der Waals surface area (Å²) in [7, 11) is 3.39. The minimum Gasteiger partial charge on any atom is -0.493 e. The molecule has 0 bridgehead atoms. The highest BCUT2D eigenvalue weighted by Gasteiger charge is 2.34. The zero-order chi connectivity index (χ0) is 20.3. The molecule has 152 valence electrons. The first kappa shape index (κ1) is 20.5. The number of nitrogens with zero attached hydrogens (tertiary/aromatic N) is 3. The van der Waals surface area contributed by atoms with Crippen molar-refractivity contribution in [1.82, 2.24) is 9.80 Å². The van der Waals surface area contributed by atoms with Crippen molar-refractivity contribution in [2.24, 2.45) is 4.40 Å². The number of amides is 2. The largest absolute Gasteiger partial charge is 0.493 e. The molecule has 1 aromatic rings. The summed E-state index contributed by atoms with van der Waals surface area (Å²) in [5, 5.41) is 0.0244. The number of rotatable bonds is 7. The van der Waals surface area contributed by atoms with Crippen LogP contribution in [0.4, 0.5) is 0 Å². The molecule has 28 heavy (non-hydrogen) atoms. The van der Waals surface area contributed by atoms with E-state index in [9.17, 15) is 9.59 Å². The monoisotopic (exact) mass is 405 g/mol. The highest BCUT2D eigenvalue weighted by atomic mass is 32.2. The lowest BCUT2D eigenvalue weighted by atomic mass is 9.98. The molecule has 1 aromatic carbocycles. The fraction of sp³-hybridized carbons (Fsp3) is 0.550. The number of benzene rings is 1. The average Bonchev–Trinajstić information content (AvgIpc) is 3.27. The maximum Gasteiger partial charge on any atom is 0.242 e. The van der Waals surface area contributed by atoms with E-state index in [-0.39, 0.29) is 29.7 Å². The van der Waals surface area contributed by atoms with Crippen LogP contribution in [0.15, 0.2) is 22.6 Å². The van der Waals surface area contributed by atoms with E-state index in [0.29, 0.717) is 31.1 Å². The van der Waals surface area contributed by atoms with Crippen molar-refractivity contribution in [3.05, 3.63) is 23.8 Å². The number of carbonyl (C=O) groups excluding carboxylic acids is 2. The third-order valence-corrected chi connectivity index (χ3v) is 6.27. The number of likely N-dealkylation sites (tertiary alicyclic amines) is 1. The zero-order valence-electron chi connectivity index (χ0n) is 16.8. The van der Waals surface area contributed by atoms with Gasteiger partial charge >= 0.3 is 0 Å². The van der Waals surface area contributed by atoms with Crippen molar-refractivity contribution in [3.63, 3.8) is 0 Å². The van der Waals surface area contributed by atoms with Gasteiger partial charge in [-0.05, 0) is 43.5 Å². The molecule has 2 aliphatic rings. The molecule has 1 unspecified atom stereocenters. The van der Waals surface area contributed by atoms with Crippen molar-refractivity contribution in [1.29, 1.82) is 0 Å². The van der Waals surface area contributed by atoms with Gasteiger partial charge in [-0.1, -0.05) is 6.07 Å². The first-order valence-corrected chi connectivity index (χ1v) is 10.3. The summed E-state index contributed by atoms with van der Waals surface area (Å²) in [5.74, 6) is 1.35. The van der Waals surface area contributed by atoms with Gasteiger partial charge in [0.2, 0.25) is 11.8 Å².